The molecular weight excluding hydrogens is 470 g/mol. The molecule has 4 aromatic carbocycles. The number of hydrogen-bond donors (Lipinski definition) is 5. The van der Waals surface area contributed by atoms with E-state index in [-0.39, 0.29) is 5.69 Å². The molecule has 37 heavy (non-hydrogen) atoms. The zero-order valence-electron chi connectivity index (χ0n) is 19.2. The minimum Gasteiger partial charge on any atom is -0.503 e. The van der Waals surface area contributed by atoms with Crippen LogP contribution in [0.3, 0.4) is 0 Å². The Kier molecular flexibility index (Phi) is 4.14. The number of phenols is 5. The fraction of sp³-hybridized carbons (Fsp3) is 0. The second-order valence-electron chi connectivity index (χ2n) is 8.85. The van der Waals surface area contributed by atoms with E-state index in [0.29, 0.717) is 16.6 Å². The number of aromatic hydroxyl groups is 5. The Morgan fingerprint density at radius 2 is 1.03 bits per heavy atom. The molecule has 0 bridgehead atoms. The predicted molar refractivity (Wildman–Crippen MR) is 141 cm³/mol. The minimum absolute atomic E-state index is 0.279. The summed E-state index contributed by atoms with van der Waals surface area (Å²) in [5.74, 6) is -4.47. The summed E-state index contributed by atoms with van der Waals surface area (Å²) in [5, 5.41) is 55.2. The first-order valence-electron chi connectivity index (χ1n) is 11.5. The van der Waals surface area contributed by atoms with Gasteiger partial charge < -0.3 is 30.1 Å². The SMILES string of the molecule is Oc1c(O)c(O)c(-n2c3ccccc3c3ncc4c5ccccc5n(-c5ccccc5)c4c32)c(O)c1O. The topological polar surface area (TPSA) is 124 Å². The van der Waals surface area contributed by atoms with Crippen LogP contribution in [0.1, 0.15) is 0 Å². The van der Waals surface area contributed by atoms with Crippen molar-refractivity contribution in [2.45, 2.75) is 0 Å². The first-order chi connectivity index (χ1) is 18.0. The van der Waals surface area contributed by atoms with Crippen LogP contribution in [-0.4, -0.2) is 39.7 Å². The standard InChI is InChI=1S/C29H19N3O5/c33-25-24(26(34)28(36)29(37)27(25)35)32-20-13-7-5-11-17(20)21-23(32)22-18(14-30-21)16-10-4-6-12-19(16)31(22)15-8-2-1-3-9-15/h1-14,33-37H. The second-order valence-corrected chi connectivity index (χ2v) is 8.85. The van der Waals surface area contributed by atoms with Crippen LogP contribution in [0.2, 0.25) is 0 Å². The lowest BCUT2D eigenvalue weighted by Crippen LogP contribution is -2.00. The molecule has 180 valence electrons. The van der Waals surface area contributed by atoms with Crippen LogP contribution in [0.4, 0.5) is 0 Å². The van der Waals surface area contributed by atoms with E-state index in [2.05, 4.69) is 4.57 Å². The van der Waals surface area contributed by atoms with Gasteiger partial charge in [-0.2, -0.15) is 0 Å². The summed E-state index contributed by atoms with van der Waals surface area (Å²) in [7, 11) is 0. The van der Waals surface area contributed by atoms with E-state index in [1.54, 1.807) is 16.7 Å². The third-order valence-electron chi connectivity index (χ3n) is 6.89. The molecule has 0 aliphatic rings. The largest absolute Gasteiger partial charge is 0.503 e. The first kappa shape index (κ1) is 21.0. The van der Waals surface area contributed by atoms with Crippen molar-refractivity contribution in [2.24, 2.45) is 0 Å². The molecule has 8 nitrogen and oxygen atoms in total. The molecule has 0 saturated heterocycles. The number of para-hydroxylation sites is 3. The Morgan fingerprint density at radius 3 is 1.70 bits per heavy atom. The fourth-order valence-corrected chi connectivity index (χ4v) is 5.29. The van der Waals surface area contributed by atoms with Gasteiger partial charge >= 0.3 is 0 Å². The van der Waals surface area contributed by atoms with Crippen molar-refractivity contribution < 1.29 is 25.5 Å². The Balaban J connectivity index is 1.81. The Hall–Kier alpha value is -5.37. The van der Waals surface area contributed by atoms with Crippen LogP contribution in [0.15, 0.2) is 85.1 Å². The molecule has 0 spiro atoms. The number of hydrogen-bond acceptors (Lipinski definition) is 6. The molecule has 7 aromatic rings. The number of pyridine rings is 1. The second kappa shape index (κ2) is 7.32. The van der Waals surface area contributed by atoms with Gasteiger partial charge in [0.15, 0.2) is 11.5 Å². The highest BCUT2D eigenvalue weighted by Gasteiger charge is 2.29. The van der Waals surface area contributed by atoms with Gasteiger partial charge in [-0.3, -0.25) is 9.55 Å². The molecule has 3 aromatic heterocycles. The van der Waals surface area contributed by atoms with Crippen molar-refractivity contribution >= 4 is 43.7 Å². The number of fused-ring (bicyclic) bond motifs is 7. The summed E-state index contributed by atoms with van der Waals surface area (Å²) in [6, 6.07) is 25.0. The molecular formula is C29H19N3O5. The van der Waals surface area contributed by atoms with Crippen molar-refractivity contribution in [2.75, 3.05) is 0 Å². The zero-order chi connectivity index (χ0) is 25.4. The maximum atomic E-state index is 10.9. The molecule has 0 radical (unpaired) electrons. The van der Waals surface area contributed by atoms with Crippen LogP contribution in [0, 0.1) is 0 Å². The number of benzene rings is 4. The van der Waals surface area contributed by atoms with E-state index in [1.807, 2.05) is 72.9 Å². The van der Waals surface area contributed by atoms with E-state index in [9.17, 15) is 25.5 Å². The summed E-state index contributed by atoms with van der Waals surface area (Å²) in [4.78, 5) is 4.79. The first-order valence-corrected chi connectivity index (χ1v) is 11.5. The van der Waals surface area contributed by atoms with Gasteiger partial charge in [0.1, 0.15) is 5.69 Å². The molecule has 0 aliphatic carbocycles. The molecule has 0 unspecified atom stereocenters. The lowest BCUT2D eigenvalue weighted by atomic mass is 10.1. The van der Waals surface area contributed by atoms with Crippen molar-refractivity contribution in [3.8, 4) is 40.1 Å². The van der Waals surface area contributed by atoms with Crippen LogP contribution in [0.25, 0.3) is 55.1 Å². The maximum Gasteiger partial charge on any atom is 0.208 e. The van der Waals surface area contributed by atoms with E-state index < -0.39 is 28.7 Å². The molecule has 0 aliphatic heterocycles. The molecule has 8 heteroatoms. The highest BCUT2D eigenvalue weighted by atomic mass is 16.4. The average molecular weight is 489 g/mol. The van der Waals surface area contributed by atoms with Gasteiger partial charge in [0, 0.05) is 28.0 Å². The van der Waals surface area contributed by atoms with Crippen molar-refractivity contribution in [3.05, 3.63) is 85.1 Å². The highest BCUT2D eigenvalue weighted by molar-refractivity contribution is 6.22. The monoisotopic (exact) mass is 489 g/mol. The van der Waals surface area contributed by atoms with Gasteiger partial charge in [-0.15, -0.1) is 0 Å². The average Bonchev–Trinajstić information content (AvgIpc) is 3.45. The fourth-order valence-electron chi connectivity index (χ4n) is 5.29. The van der Waals surface area contributed by atoms with Crippen LogP contribution >= 0.6 is 0 Å². The normalized spacial score (nSPS) is 11.8. The molecule has 0 saturated carbocycles. The van der Waals surface area contributed by atoms with Gasteiger partial charge in [0.2, 0.25) is 17.2 Å². The Labute approximate surface area is 208 Å². The van der Waals surface area contributed by atoms with Crippen molar-refractivity contribution in [1.82, 2.24) is 14.1 Å². The summed E-state index contributed by atoms with van der Waals surface area (Å²) < 4.78 is 3.64. The van der Waals surface area contributed by atoms with Gasteiger partial charge in [0.05, 0.1) is 27.6 Å². The number of phenolic OH excluding ortho intramolecular Hbond substituents is 5. The molecule has 5 N–H and O–H groups in total. The highest BCUT2D eigenvalue weighted by Crippen LogP contribution is 2.54. The van der Waals surface area contributed by atoms with Gasteiger partial charge in [0.25, 0.3) is 0 Å². The van der Waals surface area contributed by atoms with Crippen LogP contribution in [0.5, 0.6) is 28.7 Å². The summed E-state index contributed by atoms with van der Waals surface area (Å²) >= 11 is 0. The number of rotatable bonds is 2. The van der Waals surface area contributed by atoms with E-state index >= 15 is 0 Å². The van der Waals surface area contributed by atoms with Crippen molar-refractivity contribution in [1.29, 1.82) is 0 Å². The molecule has 3 heterocycles. The van der Waals surface area contributed by atoms with E-state index in [4.69, 9.17) is 4.98 Å². The molecule has 0 amide bonds. The maximum absolute atomic E-state index is 10.9. The predicted octanol–water partition coefficient (Wildman–Crippen LogP) is 5.80. The number of aromatic nitrogens is 3. The Bertz CT molecular complexity index is 2010. The zero-order valence-corrected chi connectivity index (χ0v) is 19.2. The lowest BCUT2D eigenvalue weighted by molar-refractivity contribution is 0.327. The van der Waals surface area contributed by atoms with Gasteiger partial charge in [-0.05, 0) is 24.3 Å². The molecule has 0 fully saturated rings. The van der Waals surface area contributed by atoms with Gasteiger partial charge in [-0.1, -0.05) is 54.6 Å². The quantitative estimate of drug-likeness (QED) is 0.154. The van der Waals surface area contributed by atoms with E-state index in [1.165, 1.54) is 0 Å². The van der Waals surface area contributed by atoms with Crippen molar-refractivity contribution in [3.63, 3.8) is 0 Å². The third-order valence-corrected chi connectivity index (χ3v) is 6.89. The summed E-state index contributed by atoms with van der Waals surface area (Å²) in [6.07, 6.45) is 1.81. The minimum atomic E-state index is -1.01. The molecule has 7 rings (SSSR count). The smallest absolute Gasteiger partial charge is 0.208 e. The lowest BCUT2D eigenvalue weighted by Gasteiger charge is -2.16. The van der Waals surface area contributed by atoms with E-state index in [0.717, 1.165) is 32.9 Å². The summed E-state index contributed by atoms with van der Waals surface area (Å²) in [5.41, 5.74) is 3.99. The third kappa shape index (κ3) is 2.63. The van der Waals surface area contributed by atoms with Crippen LogP contribution < -0.4 is 0 Å². The van der Waals surface area contributed by atoms with Gasteiger partial charge in [-0.25, -0.2) is 0 Å². The summed E-state index contributed by atoms with van der Waals surface area (Å²) in [6.45, 7) is 0. The van der Waals surface area contributed by atoms with Crippen LogP contribution in [-0.2, 0) is 0 Å². The number of nitrogens with zero attached hydrogens (tertiary/aromatic N) is 3. The Morgan fingerprint density at radius 1 is 0.486 bits per heavy atom. The molecule has 0 atom stereocenters.